The molecule has 0 bridgehead atoms. The summed E-state index contributed by atoms with van der Waals surface area (Å²) in [7, 11) is 0. The van der Waals surface area contributed by atoms with Crippen LogP contribution in [0.5, 0.6) is 0 Å². The maximum Gasteiger partial charge on any atom is 0.269 e. The number of aliphatic hydroxyl groups is 1. The van der Waals surface area contributed by atoms with Crippen LogP contribution in [0, 0.1) is 16.0 Å². The first-order valence-corrected chi connectivity index (χ1v) is 4.86. The van der Waals surface area contributed by atoms with E-state index in [0.717, 1.165) is 5.56 Å². The standard InChI is InChI=1S/C10H11NO3S/c1-7(6-12)10(15)8-2-4-9(5-3-8)11(13)14/h2-5,7,12H,6H2,1H3. The van der Waals surface area contributed by atoms with Gasteiger partial charge in [-0.1, -0.05) is 19.1 Å². The molecular weight excluding hydrogens is 214 g/mol. The molecule has 0 aromatic heterocycles. The first kappa shape index (κ1) is 11.7. The number of hydrogen-bond donors (Lipinski definition) is 1. The molecule has 1 aromatic carbocycles. The van der Waals surface area contributed by atoms with Crippen molar-refractivity contribution in [1.82, 2.24) is 0 Å². The highest BCUT2D eigenvalue weighted by molar-refractivity contribution is 7.80. The minimum absolute atomic E-state index is 0.0180. The lowest BCUT2D eigenvalue weighted by Crippen LogP contribution is -2.13. The van der Waals surface area contributed by atoms with Crippen LogP contribution in [0.25, 0.3) is 0 Å². The molecule has 80 valence electrons. The highest BCUT2D eigenvalue weighted by Gasteiger charge is 2.11. The van der Waals surface area contributed by atoms with Gasteiger partial charge in [-0.25, -0.2) is 0 Å². The van der Waals surface area contributed by atoms with Crippen LogP contribution in [-0.2, 0) is 0 Å². The first-order valence-electron chi connectivity index (χ1n) is 4.45. The molecule has 0 heterocycles. The van der Waals surface area contributed by atoms with E-state index < -0.39 is 4.92 Å². The van der Waals surface area contributed by atoms with Crippen molar-refractivity contribution in [3.8, 4) is 0 Å². The summed E-state index contributed by atoms with van der Waals surface area (Å²) in [4.78, 5) is 10.6. The molecule has 0 aliphatic heterocycles. The number of nitro benzene ring substituents is 1. The lowest BCUT2D eigenvalue weighted by molar-refractivity contribution is -0.384. The topological polar surface area (TPSA) is 63.4 Å². The highest BCUT2D eigenvalue weighted by Crippen LogP contribution is 2.15. The van der Waals surface area contributed by atoms with E-state index in [1.807, 2.05) is 6.92 Å². The van der Waals surface area contributed by atoms with Crippen LogP contribution < -0.4 is 0 Å². The number of thiocarbonyl (C=S) groups is 1. The fourth-order valence-electron chi connectivity index (χ4n) is 1.11. The fourth-order valence-corrected chi connectivity index (χ4v) is 1.33. The Bertz CT molecular complexity index is 375. The molecule has 0 spiro atoms. The molecule has 0 saturated carbocycles. The van der Waals surface area contributed by atoms with Crippen LogP contribution in [0.4, 0.5) is 5.69 Å². The Morgan fingerprint density at radius 1 is 1.53 bits per heavy atom. The molecule has 0 radical (unpaired) electrons. The maximum atomic E-state index is 10.4. The Balaban J connectivity index is 2.89. The summed E-state index contributed by atoms with van der Waals surface area (Å²) in [5.74, 6) is -0.110. The van der Waals surface area contributed by atoms with Gasteiger partial charge in [-0.15, -0.1) is 0 Å². The minimum Gasteiger partial charge on any atom is -0.396 e. The molecule has 1 aromatic rings. The van der Waals surface area contributed by atoms with Crippen LogP contribution in [0.1, 0.15) is 12.5 Å². The molecule has 0 aliphatic rings. The minimum atomic E-state index is -0.456. The van der Waals surface area contributed by atoms with Gasteiger partial charge in [0.2, 0.25) is 0 Å². The third kappa shape index (κ3) is 2.81. The normalized spacial score (nSPS) is 12.1. The molecule has 1 atom stereocenters. The number of rotatable bonds is 4. The molecule has 0 aliphatic carbocycles. The summed E-state index contributed by atoms with van der Waals surface area (Å²) >= 11 is 5.12. The van der Waals surface area contributed by atoms with Crippen molar-refractivity contribution in [1.29, 1.82) is 0 Å². The smallest absolute Gasteiger partial charge is 0.269 e. The average Bonchev–Trinajstić information content (AvgIpc) is 2.27. The van der Waals surface area contributed by atoms with Crippen molar-refractivity contribution in [3.05, 3.63) is 39.9 Å². The largest absolute Gasteiger partial charge is 0.396 e. The second kappa shape index (κ2) is 4.95. The molecule has 15 heavy (non-hydrogen) atoms. The third-order valence-electron chi connectivity index (χ3n) is 2.08. The van der Waals surface area contributed by atoms with Gasteiger partial charge in [0.25, 0.3) is 5.69 Å². The maximum absolute atomic E-state index is 10.4. The zero-order valence-electron chi connectivity index (χ0n) is 8.21. The van der Waals surface area contributed by atoms with Crippen molar-refractivity contribution in [2.24, 2.45) is 5.92 Å². The Hall–Kier alpha value is -1.33. The quantitative estimate of drug-likeness (QED) is 0.368. The lowest BCUT2D eigenvalue weighted by atomic mass is 10.0. The van der Waals surface area contributed by atoms with Gasteiger partial charge >= 0.3 is 0 Å². The molecule has 0 fully saturated rings. The number of non-ortho nitro benzene ring substituents is 1. The summed E-state index contributed by atoms with van der Waals surface area (Å²) < 4.78 is 0. The Morgan fingerprint density at radius 3 is 2.47 bits per heavy atom. The molecule has 0 amide bonds. The third-order valence-corrected chi connectivity index (χ3v) is 2.72. The average molecular weight is 225 g/mol. The van der Waals surface area contributed by atoms with E-state index >= 15 is 0 Å². The summed E-state index contributed by atoms with van der Waals surface area (Å²) in [5.41, 5.74) is 0.787. The van der Waals surface area contributed by atoms with Gasteiger partial charge in [0.1, 0.15) is 0 Å². The zero-order valence-corrected chi connectivity index (χ0v) is 9.03. The number of nitrogens with zero attached hydrogens (tertiary/aromatic N) is 1. The van der Waals surface area contributed by atoms with E-state index in [4.69, 9.17) is 17.3 Å². The molecule has 4 nitrogen and oxygen atoms in total. The SMILES string of the molecule is CC(CO)C(=S)c1ccc([N+](=O)[O-])cc1. The second-order valence-electron chi connectivity index (χ2n) is 3.25. The van der Waals surface area contributed by atoms with Gasteiger partial charge in [0.05, 0.1) is 11.5 Å². The van der Waals surface area contributed by atoms with E-state index in [1.165, 1.54) is 12.1 Å². The van der Waals surface area contributed by atoms with Gasteiger partial charge in [-0.05, 0) is 17.7 Å². The Kier molecular flexibility index (Phi) is 3.88. The summed E-state index contributed by atoms with van der Waals surface area (Å²) in [5, 5.41) is 19.3. The van der Waals surface area contributed by atoms with Crippen molar-refractivity contribution in [2.75, 3.05) is 6.61 Å². The van der Waals surface area contributed by atoms with E-state index in [2.05, 4.69) is 0 Å². The predicted octanol–water partition coefficient (Wildman–Crippen LogP) is 1.94. The van der Waals surface area contributed by atoms with Crippen LogP contribution in [0.15, 0.2) is 24.3 Å². The number of nitro groups is 1. The lowest BCUT2D eigenvalue weighted by Gasteiger charge is -2.09. The summed E-state index contributed by atoms with van der Waals surface area (Å²) in [6, 6.07) is 6.02. The van der Waals surface area contributed by atoms with Crippen molar-refractivity contribution >= 4 is 22.8 Å². The number of aliphatic hydroxyl groups excluding tert-OH is 1. The van der Waals surface area contributed by atoms with Crippen LogP contribution in [0.3, 0.4) is 0 Å². The number of hydrogen-bond acceptors (Lipinski definition) is 4. The van der Waals surface area contributed by atoms with Gasteiger partial charge in [-0.3, -0.25) is 10.1 Å². The van der Waals surface area contributed by atoms with Gasteiger partial charge < -0.3 is 5.11 Å². The molecule has 0 saturated heterocycles. The van der Waals surface area contributed by atoms with E-state index in [1.54, 1.807) is 12.1 Å². The first-order chi connectivity index (χ1) is 7.06. The summed E-state index contributed by atoms with van der Waals surface area (Å²) in [6.45, 7) is 1.79. The molecular formula is C10H11NO3S. The molecule has 1 N–H and O–H groups in total. The van der Waals surface area contributed by atoms with Gasteiger partial charge in [-0.2, -0.15) is 0 Å². The van der Waals surface area contributed by atoms with Gasteiger partial charge in [0.15, 0.2) is 0 Å². The van der Waals surface area contributed by atoms with E-state index in [9.17, 15) is 10.1 Å². The van der Waals surface area contributed by atoms with Crippen LogP contribution in [0.2, 0.25) is 0 Å². The van der Waals surface area contributed by atoms with Crippen molar-refractivity contribution in [2.45, 2.75) is 6.92 Å². The van der Waals surface area contributed by atoms with E-state index in [-0.39, 0.29) is 18.2 Å². The van der Waals surface area contributed by atoms with Crippen LogP contribution >= 0.6 is 12.2 Å². The molecule has 1 unspecified atom stereocenters. The van der Waals surface area contributed by atoms with E-state index in [0.29, 0.717) is 4.86 Å². The Labute approximate surface area is 92.7 Å². The predicted molar refractivity (Wildman–Crippen MR) is 61.0 cm³/mol. The fraction of sp³-hybridized carbons (Fsp3) is 0.300. The summed E-state index contributed by atoms with van der Waals surface area (Å²) in [6.07, 6.45) is 0. The Morgan fingerprint density at radius 2 is 2.07 bits per heavy atom. The highest BCUT2D eigenvalue weighted by atomic mass is 32.1. The monoisotopic (exact) mass is 225 g/mol. The van der Waals surface area contributed by atoms with Crippen molar-refractivity contribution < 1.29 is 10.0 Å². The van der Waals surface area contributed by atoms with Crippen LogP contribution in [-0.4, -0.2) is 21.5 Å². The number of benzene rings is 1. The molecule has 5 heteroatoms. The second-order valence-corrected chi connectivity index (χ2v) is 3.69. The van der Waals surface area contributed by atoms with Gasteiger partial charge in [0, 0.05) is 22.9 Å². The zero-order chi connectivity index (χ0) is 11.4. The molecule has 1 rings (SSSR count). The van der Waals surface area contributed by atoms with Crippen molar-refractivity contribution in [3.63, 3.8) is 0 Å².